The fourth-order valence-electron chi connectivity index (χ4n) is 2.73. The highest BCUT2D eigenvalue weighted by Crippen LogP contribution is 2.37. The highest BCUT2D eigenvalue weighted by atomic mass is 16.4. The highest BCUT2D eigenvalue weighted by Gasteiger charge is 2.42. The van der Waals surface area contributed by atoms with Gasteiger partial charge >= 0.3 is 5.97 Å². The summed E-state index contributed by atoms with van der Waals surface area (Å²) in [6.45, 7) is 6.40. The molecule has 0 unspecified atom stereocenters. The maximum atomic E-state index is 11.8. The van der Waals surface area contributed by atoms with Gasteiger partial charge < -0.3 is 10.0 Å². The molecule has 108 valence electrons. The van der Waals surface area contributed by atoms with E-state index in [4.69, 9.17) is 0 Å². The van der Waals surface area contributed by atoms with Crippen molar-refractivity contribution in [1.29, 1.82) is 0 Å². The van der Waals surface area contributed by atoms with Gasteiger partial charge in [0.25, 0.3) is 0 Å². The first-order valence-corrected chi connectivity index (χ1v) is 6.80. The molecule has 2 atom stereocenters. The number of rotatable bonds is 2. The average molecular weight is 275 g/mol. The minimum atomic E-state index is -0.910. The fourth-order valence-corrected chi connectivity index (χ4v) is 2.73. The number of likely N-dealkylation sites (tertiary alicyclic amines) is 1. The Morgan fingerprint density at radius 2 is 1.80 bits per heavy atom. The Kier molecular flexibility index (Phi) is 3.59. The van der Waals surface area contributed by atoms with Crippen LogP contribution in [0.15, 0.2) is 24.3 Å². The highest BCUT2D eigenvalue weighted by molar-refractivity contribution is 5.87. The zero-order valence-electron chi connectivity index (χ0n) is 12.4. The normalized spacial score (nSPS) is 23.2. The van der Waals surface area contributed by atoms with E-state index in [2.05, 4.69) is 20.8 Å². The third-order valence-corrected chi connectivity index (χ3v) is 4.02. The molecule has 0 bridgehead atoms. The number of hydrogen-bond donors (Lipinski definition) is 1. The topological polar surface area (TPSA) is 57.6 Å². The Morgan fingerprint density at radius 1 is 1.25 bits per heavy atom. The van der Waals surface area contributed by atoms with E-state index >= 15 is 0 Å². The number of carboxylic acid groups (broad SMARTS) is 1. The molecule has 0 aromatic heterocycles. The van der Waals surface area contributed by atoms with Gasteiger partial charge in [-0.2, -0.15) is 0 Å². The van der Waals surface area contributed by atoms with Crippen LogP contribution in [0.4, 0.5) is 0 Å². The first-order valence-electron chi connectivity index (χ1n) is 6.80. The molecule has 1 aromatic rings. The SMILES string of the molecule is CN1C(=O)C[C@H](C(=O)O)[C@H]1c1ccc(C(C)(C)C)cc1. The third kappa shape index (κ3) is 2.55. The first-order chi connectivity index (χ1) is 9.21. The lowest BCUT2D eigenvalue weighted by atomic mass is 9.85. The molecule has 1 saturated heterocycles. The number of carbonyl (C=O) groups excluding carboxylic acids is 1. The summed E-state index contributed by atoms with van der Waals surface area (Å²) in [5.74, 6) is -1.68. The smallest absolute Gasteiger partial charge is 0.309 e. The molecule has 2 rings (SSSR count). The van der Waals surface area contributed by atoms with Crippen LogP contribution in [0.1, 0.15) is 44.4 Å². The molecule has 1 N–H and O–H groups in total. The Morgan fingerprint density at radius 3 is 2.25 bits per heavy atom. The van der Waals surface area contributed by atoms with Crippen LogP contribution in [0.2, 0.25) is 0 Å². The Bertz CT molecular complexity index is 528. The van der Waals surface area contributed by atoms with Gasteiger partial charge in [-0.15, -0.1) is 0 Å². The van der Waals surface area contributed by atoms with Crippen molar-refractivity contribution in [1.82, 2.24) is 4.90 Å². The van der Waals surface area contributed by atoms with Gasteiger partial charge in [0.1, 0.15) is 0 Å². The van der Waals surface area contributed by atoms with Crippen molar-refractivity contribution in [3.8, 4) is 0 Å². The molecule has 1 heterocycles. The molecule has 0 aliphatic carbocycles. The summed E-state index contributed by atoms with van der Waals surface area (Å²) in [5, 5.41) is 9.29. The van der Waals surface area contributed by atoms with Gasteiger partial charge in [-0.1, -0.05) is 45.0 Å². The fraction of sp³-hybridized carbons (Fsp3) is 0.500. The number of carboxylic acids is 1. The van der Waals surface area contributed by atoms with Crippen molar-refractivity contribution in [2.24, 2.45) is 5.92 Å². The van der Waals surface area contributed by atoms with Crippen molar-refractivity contribution in [3.05, 3.63) is 35.4 Å². The summed E-state index contributed by atoms with van der Waals surface area (Å²) in [7, 11) is 1.67. The van der Waals surface area contributed by atoms with Crippen LogP contribution in [0.3, 0.4) is 0 Å². The maximum absolute atomic E-state index is 11.8. The van der Waals surface area contributed by atoms with Gasteiger partial charge in [0.05, 0.1) is 12.0 Å². The molecule has 1 fully saturated rings. The molecule has 4 nitrogen and oxygen atoms in total. The van der Waals surface area contributed by atoms with Crippen LogP contribution >= 0.6 is 0 Å². The molecule has 0 spiro atoms. The molecule has 0 saturated carbocycles. The standard InChI is InChI=1S/C16H21NO3/c1-16(2,3)11-7-5-10(6-8-11)14-12(15(19)20)9-13(18)17(14)4/h5-8,12,14H,9H2,1-4H3,(H,19,20)/t12-,14+/m0/s1. The number of carbonyl (C=O) groups is 2. The number of aliphatic carboxylic acids is 1. The number of hydrogen-bond acceptors (Lipinski definition) is 2. The van der Waals surface area contributed by atoms with Crippen LogP contribution in [0.5, 0.6) is 0 Å². The van der Waals surface area contributed by atoms with E-state index in [0.29, 0.717) is 0 Å². The Balaban J connectivity index is 2.34. The van der Waals surface area contributed by atoms with E-state index in [0.717, 1.165) is 5.56 Å². The van der Waals surface area contributed by atoms with Gasteiger partial charge in [0.2, 0.25) is 5.91 Å². The zero-order valence-corrected chi connectivity index (χ0v) is 12.4. The van der Waals surface area contributed by atoms with Crippen molar-refractivity contribution in [3.63, 3.8) is 0 Å². The van der Waals surface area contributed by atoms with Crippen LogP contribution in [-0.2, 0) is 15.0 Å². The van der Waals surface area contributed by atoms with Gasteiger partial charge in [-0.25, -0.2) is 0 Å². The van der Waals surface area contributed by atoms with Crippen LogP contribution in [0, 0.1) is 5.92 Å². The van der Waals surface area contributed by atoms with Gasteiger partial charge in [0, 0.05) is 13.5 Å². The van der Waals surface area contributed by atoms with Crippen LogP contribution in [0.25, 0.3) is 0 Å². The first kappa shape index (κ1) is 14.6. The largest absolute Gasteiger partial charge is 0.481 e. The van der Waals surface area contributed by atoms with E-state index in [1.807, 2.05) is 24.3 Å². The van der Waals surface area contributed by atoms with Crippen molar-refractivity contribution in [2.75, 3.05) is 7.05 Å². The Hall–Kier alpha value is -1.84. The quantitative estimate of drug-likeness (QED) is 0.902. The lowest BCUT2D eigenvalue weighted by Crippen LogP contribution is -2.27. The van der Waals surface area contributed by atoms with Gasteiger partial charge in [-0.05, 0) is 16.5 Å². The van der Waals surface area contributed by atoms with Crippen molar-refractivity contribution in [2.45, 2.75) is 38.6 Å². The second kappa shape index (κ2) is 4.93. The lowest BCUT2D eigenvalue weighted by molar-refractivity contribution is -0.142. The van der Waals surface area contributed by atoms with Crippen molar-refractivity contribution >= 4 is 11.9 Å². The van der Waals surface area contributed by atoms with E-state index in [-0.39, 0.29) is 23.8 Å². The lowest BCUT2D eigenvalue weighted by Gasteiger charge is -2.25. The second-order valence-electron chi connectivity index (χ2n) is 6.47. The molecule has 4 heteroatoms. The molecule has 0 radical (unpaired) electrons. The average Bonchev–Trinajstić information content (AvgIpc) is 2.65. The van der Waals surface area contributed by atoms with E-state index in [9.17, 15) is 14.7 Å². The molecule has 1 aromatic carbocycles. The summed E-state index contributed by atoms with van der Waals surface area (Å²) in [6, 6.07) is 7.55. The molecule has 1 aliphatic heterocycles. The van der Waals surface area contributed by atoms with E-state index in [1.165, 1.54) is 5.56 Å². The summed E-state index contributed by atoms with van der Waals surface area (Å²) in [6.07, 6.45) is 0.0809. The number of nitrogens with zero attached hydrogens (tertiary/aromatic N) is 1. The molecule has 20 heavy (non-hydrogen) atoms. The molecule has 1 aliphatic rings. The van der Waals surface area contributed by atoms with Gasteiger partial charge in [0.15, 0.2) is 0 Å². The number of amides is 1. The zero-order chi connectivity index (χ0) is 15.1. The second-order valence-corrected chi connectivity index (χ2v) is 6.47. The van der Waals surface area contributed by atoms with E-state index in [1.54, 1.807) is 11.9 Å². The van der Waals surface area contributed by atoms with Crippen LogP contribution < -0.4 is 0 Å². The minimum absolute atomic E-state index is 0.0577. The predicted molar refractivity (Wildman–Crippen MR) is 76.4 cm³/mol. The predicted octanol–water partition coefficient (Wildman–Crippen LogP) is 2.59. The molecule has 1 amide bonds. The monoisotopic (exact) mass is 275 g/mol. The summed E-state index contributed by atoms with van der Waals surface area (Å²) < 4.78 is 0. The molecular weight excluding hydrogens is 254 g/mol. The number of benzene rings is 1. The third-order valence-electron chi connectivity index (χ3n) is 4.02. The minimum Gasteiger partial charge on any atom is -0.481 e. The van der Waals surface area contributed by atoms with Crippen molar-refractivity contribution < 1.29 is 14.7 Å². The van der Waals surface area contributed by atoms with E-state index < -0.39 is 11.9 Å². The maximum Gasteiger partial charge on any atom is 0.309 e. The summed E-state index contributed by atoms with van der Waals surface area (Å²) in [5.41, 5.74) is 2.14. The van der Waals surface area contributed by atoms with Gasteiger partial charge in [-0.3, -0.25) is 9.59 Å². The molecular formula is C16H21NO3. The van der Waals surface area contributed by atoms with Crippen LogP contribution in [-0.4, -0.2) is 28.9 Å². The Labute approximate surface area is 119 Å². The summed E-state index contributed by atoms with van der Waals surface area (Å²) >= 11 is 0. The summed E-state index contributed by atoms with van der Waals surface area (Å²) in [4.78, 5) is 24.6.